The van der Waals surface area contributed by atoms with Crippen LogP contribution >= 0.6 is 0 Å². The molecule has 3 aromatic rings. The van der Waals surface area contributed by atoms with Gasteiger partial charge in [-0.05, 0) is 24.3 Å². The molecule has 0 amide bonds. The van der Waals surface area contributed by atoms with Gasteiger partial charge in [0.05, 0.1) is 31.7 Å². The van der Waals surface area contributed by atoms with Crippen molar-refractivity contribution in [1.29, 1.82) is 0 Å². The Bertz CT molecular complexity index is 1070. The van der Waals surface area contributed by atoms with Gasteiger partial charge in [0.15, 0.2) is 21.3 Å². The zero-order valence-electron chi connectivity index (χ0n) is 15.4. The minimum atomic E-state index is -3.33. The van der Waals surface area contributed by atoms with Crippen molar-refractivity contribution < 1.29 is 22.6 Å². The van der Waals surface area contributed by atoms with Gasteiger partial charge in [-0.25, -0.2) is 8.42 Å². The average molecular weight is 388 g/mol. The van der Waals surface area contributed by atoms with Crippen molar-refractivity contribution in [2.75, 3.05) is 32.9 Å². The molecular weight excluding hydrogens is 368 g/mol. The number of pyridine rings is 1. The fraction of sp³-hybridized carbons (Fsp3) is 0.211. The molecular formula is C19H20N2O5S. The second-order valence-corrected chi connectivity index (χ2v) is 7.86. The van der Waals surface area contributed by atoms with E-state index in [0.717, 1.165) is 0 Å². The first-order valence-corrected chi connectivity index (χ1v) is 9.92. The van der Waals surface area contributed by atoms with E-state index < -0.39 is 9.84 Å². The summed E-state index contributed by atoms with van der Waals surface area (Å²) in [6.07, 6.45) is 2.83. The zero-order valence-corrected chi connectivity index (χ0v) is 16.3. The number of anilines is 2. The van der Waals surface area contributed by atoms with Gasteiger partial charge >= 0.3 is 0 Å². The third kappa shape index (κ3) is 3.75. The lowest BCUT2D eigenvalue weighted by Gasteiger charge is -2.16. The first-order chi connectivity index (χ1) is 12.9. The molecule has 1 aromatic heterocycles. The van der Waals surface area contributed by atoms with Gasteiger partial charge in [0.25, 0.3) is 0 Å². The molecule has 27 heavy (non-hydrogen) atoms. The normalized spacial score (nSPS) is 11.3. The Kier molecular flexibility index (Phi) is 5.09. The summed E-state index contributed by atoms with van der Waals surface area (Å²) >= 11 is 0. The van der Waals surface area contributed by atoms with E-state index in [4.69, 9.17) is 14.2 Å². The van der Waals surface area contributed by atoms with Crippen LogP contribution in [0.25, 0.3) is 10.9 Å². The van der Waals surface area contributed by atoms with Gasteiger partial charge < -0.3 is 19.5 Å². The predicted molar refractivity (Wildman–Crippen MR) is 104 cm³/mol. The average Bonchev–Trinajstić information content (AvgIpc) is 2.66. The molecule has 2 aromatic carbocycles. The SMILES string of the molecule is COc1cc(Nc2ccnc3ccc(S(C)(=O)=O)cc23)cc(OC)c1OC. The molecule has 7 nitrogen and oxygen atoms in total. The number of hydrogen-bond acceptors (Lipinski definition) is 7. The minimum Gasteiger partial charge on any atom is -0.493 e. The maximum atomic E-state index is 11.9. The highest BCUT2D eigenvalue weighted by Crippen LogP contribution is 2.41. The van der Waals surface area contributed by atoms with Gasteiger partial charge in [-0.1, -0.05) is 0 Å². The highest BCUT2D eigenvalue weighted by Gasteiger charge is 2.15. The smallest absolute Gasteiger partial charge is 0.203 e. The molecule has 0 spiro atoms. The molecule has 0 aliphatic rings. The summed E-state index contributed by atoms with van der Waals surface area (Å²) < 4.78 is 39.9. The van der Waals surface area contributed by atoms with Crippen molar-refractivity contribution in [2.45, 2.75) is 4.90 Å². The number of methoxy groups -OCH3 is 3. The molecule has 0 unspecified atom stereocenters. The predicted octanol–water partition coefficient (Wildman–Crippen LogP) is 3.41. The summed E-state index contributed by atoms with van der Waals surface area (Å²) in [6, 6.07) is 10.2. The van der Waals surface area contributed by atoms with Crippen LogP contribution in [0.5, 0.6) is 17.2 Å². The van der Waals surface area contributed by atoms with Crippen LogP contribution in [0.1, 0.15) is 0 Å². The Morgan fingerprint density at radius 3 is 2.15 bits per heavy atom. The monoisotopic (exact) mass is 388 g/mol. The van der Waals surface area contributed by atoms with Crippen LogP contribution in [0.2, 0.25) is 0 Å². The Morgan fingerprint density at radius 1 is 0.926 bits per heavy atom. The van der Waals surface area contributed by atoms with E-state index in [1.165, 1.54) is 13.4 Å². The highest BCUT2D eigenvalue weighted by molar-refractivity contribution is 7.90. The molecule has 8 heteroatoms. The third-order valence-electron chi connectivity index (χ3n) is 4.08. The van der Waals surface area contributed by atoms with Crippen LogP contribution in [0.15, 0.2) is 47.5 Å². The van der Waals surface area contributed by atoms with Crippen molar-refractivity contribution in [3.8, 4) is 17.2 Å². The number of ether oxygens (including phenoxy) is 3. The molecule has 1 heterocycles. The molecule has 142 valence electrons. The summed E-state index contributed by atoms with van der Waals surface area (Å²) in [4.78, 5) is 4.53. The van der Waals surface area contributed by atoms with Crippen LogP contribution in [-0.4, -0.2) is 41.0 Å². The van der Waals surface area contributed by atoms with Crippen LogP contribution in [0.3, 0.4) is 0 Å². The Labute approximate surface area is 157 Å². The lowest BCUT2D eigenvalue weighted by atomic mass is 10.1. The first kappa shape index (κ1) is 18.8. The molecule has 0 saturated carbocycles. The number of fused-ring (bicyclic) bond motifs is 1. The zero-order chi connectivity index (χ0) is 19.6. The lowest BCUT2D eigenvalue weighted by Crippen LogP contribution is -2.00. The van der Waals surface area contributed by atoms with Gasteiger partial charge in [0.2, 0.25) is 5.75 Å². The summed E-state index contributed by atoms with van der Waals surface area (Å²) in [5, 5.41) is 3.97. The van der Waals surface area contributed by atoms with Crippen molar-refractivity contribution >= 4 is 32.1 Å². The van der Waals surface area contributed by atoms with Crippen LogP contribution in [0, 0.1) is 0 Å². The number of rotatable bonds is 6. The van der Waals surface area contributed by atoms with Crippen molar-refractivity contribution in [1.82, 2.24) is 4.98 Å². The number of nitrogens with one attached hydrogen (secondary N) is 1. The van der Waals surface area contributed by atoms with E-state index in [0.29, 0.717) is 39.5 Å². The lowest BCUT2D eigenvalue weighted by molar-refractivity contribution is 0.324. The van der Waals surface area contributed by atoms with Crippen molar-refractivity contribution in [2.24, 2.45) is 0 Å². The van der Waals surface area contributed by atoms with E-state index in [1.807, 2.05) is 0 Å². The summed E-state index contributed by atoms with van der Waals surface area (Å²) in [6.45, 7) is 0. The van der Waals surface area contributed by atoms with Crippen molar-refractivity contribution in [3.63, 3.8) is 0 Å². The van der Waals surface area contributed by atoms with Gasteiger partial charge in [0.1, 0.15) is 0 Å². The largest absolute Gasteiger partial charge is 0.493 e. The van der Waals surface area contributed by atoms with Gasteiger partial charge in [-0.15, -0.1) is 0 Å². The minimum absolute atomic E-state index is 0.232. The summed E-state index contributed by atoms with van der Waals surface area (Å²) in [5.41, 5.74) is 2.08. The molecule has 0 saturated heterocycles. The first-order valence-electron chi connectivity index (χ1n) is 8.03. The second kappa shape index (κ2) is 7.32. The second-order valence-electron chi connectivity index (χ2n) is 5.85. The standard InChI is InChI=1S/C19H20N2O5S/c1-24-17-9-12(10-18(25-2)19(17)26-3)21-16-7-8-20-15-6-5-13(11-14(15)16)27(4,22)23/h5-11H,1-4H3,(H,20,21). The Balaban J connectivity index is 2.11. The molecule has 0 aliphatic carbocycles. The molecule has 0 aliphatic heterocycles. The van der Waals surface area contributed by atoms with Crippen LogP contribution in [0.4, 0.5) is 11.4 Å². The third-order valence-corrected chi connectivity index (χ3v) is 5.20. The number of hydrogen-bond donors (Lipinski definition) is 1. The summed E-state index contributed by atoms with van der Waals surface area (Å²) in [7, 11) is 1.30. The topological polar surface area (TPSA) is 86.8 Å². The highest BCUT2D eigenvalue weighted by atomic mass is 32.2. The van der Waals surface area contributed by atoms with E-state index >= 15 is 0 Å². The van der Waals surface area contributed by atoms with Gasteiger partial charge in [0, 0.05) is 41.3 Å². The van der Waals surface area contributed by atoms with E-state index in [1.54, 1.807) is 56.8 Å². The van der Waals surface area contributed by atoms with E-state index in [9.17, 15) is 8.42 Å². The number of nitrogens with zero attached hydrogens (tertiary/aromatic N) is 1. The quantitative estimate of drug-likeness (QED) is 0.692. The van der Waals surface area contributed by atoms with E-state index in [2.05, 4.69) is 10.3 Å². The Hall–Kier alpha value is -3.00. The number of benzene rings is 2. The van der Waals surface area contributed by atoms with Gasteiger partial charge in [-0.2, -0.15) is 0 Å². The Morgan fingerprint density at radius 2 is 1.59 bits per heavy atom. The molecule has 0 fully saturated rings. The molecule has 0 radical (unpaired) electrons. The number of sulfone groups is 1. The van der Waals surface area contributed by atoms with Gasteiger partial charge in [-0.3, -0.25) is 4.98 Å². The fourth-order valence-electron chi connectivity index (χ4n) is 2.77. The number of aromatic nitrogens is 1. The maximum Gasteiger partial charge on any atom is 0.203 e. The van der Waals surface area contributed by atoms with Crippen LogP contribution in [-0.2, 0) is 9.84 Å². The molecule has 1 N–H and O–H groups in total. The summed E-state index contributed by atoms with van der Waals surface area (Å²) in [5.74, 6) is 1.51. The van der Waals surface area contributed by atoms with Crippen molar-refractivity contribution in [3.05, 3.63) is 42.6 Å². The fourth-order valence-corrected chi connectivity index (χ4v) is 3.42. The molecule has 0 atom stereocenters. The van der Waals surface area contributed by atoms with E-state index in [-0.39, 0.29) is 4.90 Å². The molecule has 3 rings (SSSR count). The molecule has 0 bridgehead atoms. The van der Waals surface area contributed by atoms with Crippen LogP contribution < -0.4 is 19.5 Å². The maximum absolute atomic E-state index is 11.9.